The topological polar surface area (TPSA) is 62.7 Å². The molecule has 0 amide bonds. The summed E-state index contributed by atoms with van der Waals surface area (Å²) in [4.78, 5) is 3.88. The fourth-order valence-corrected chi connectivity index (χ4v) is 1.07. The van der Waals surface area contributed by atoms with Crippen molar-refractivity contribution < 1.29 is 0 Å². The van der Waals surface area contributed by atoms with Gasteiger partial charge in [-0.3, -0.25) is 4.98 Å². The summed E-state index contributed by atoms with van der Waals surface area (Å²) >= 11 is 0. The molecule has 1 atom stereocenters. The highest BCUT2D eigenvalue weighted by atomic mass is 14.6. The molecule has 12 heavy (non-hydrogen) atoms. The second-order valence-electron chi connectivity index (χ2n) is 2.54. The van der Waals surface area contributed by atoms with Gasteiger partial charge in [-0.15, -0.1) is 0 Å². The van der Waals surface area contributed by atoms with E-state index in [4.69, 9.17) is 11.0 Å². The molecule has 0 aliphatic carbocycles. The number of nitrogens with zero attached hydrogens (tertiary/aromatic N) is 2. The van der Waals surface area contributed by atoms with Gasteiger partial charge in [0, 0.05) is 12.4 Å². The van der Waals surface area contributed by atoms with Gasteiger partial charge in [0.05, 0.1) is 12.0 Å². The number of aromatic nitrogens is 1. The van der Waals surface area contributed by atoms with Crippen molar-refractivity contribution in [3.63, 3.8) is 0 Å². The molecule has 0 spiro atoms. The Labute approximate surface area is 71.8 Å². The molecular weight excluding hydrogens is 150 g/mol. The van der Waals surface area contributed by atoms with Crippen molar-refractivity contribution in [2.45, 2.75) is 12.3 Å². The van der Waals surface area contributed by atoms with Crippen LogP contribution >= 0.6 is 0 Å². The van der Waals surface area contributed by atoms with Crippen LogP contribution in [0.3, 0.4) is 0 Å². The van der Waals surface area contributed by atoms with Crippen molar-refractivity contribution in [2.24, 2.45) is 5.73 Å². The van der Waals surface area contributed by atoms with Gasteiger partial charge in [-0.1, -0.05) is 0 Å². The molecule has 0 saturated heterocycles. The molecule has 0 aromatic carbocycles. The van der Waals surface area contributed by atoms with Gasteiger partial charge in [0.15, 0.2) is 0 Å². The van der Waals surface area contributed by atoms with E-state index in [1.165, 1.54) is 0 Å². The molecule has 1 aromatic rings. The van der Waals surface area contributed by atoms with Gasteiger partial charge in [0.1, 0.15) is 0 Å². The maximum Gasteiger partial charge on any atom is 0.0725 e. The van der Waals surface area contributed by atoms with Crippen LogP contribution in [0.1, 0.15) is 17.9 Å². The van der Waals surface area contributed by atoms with Crippen LogP contribution in [0.2, 0.25) is 0 Å². The van der Waals surface area contributed by atoms with E-state index in [-0.39, 0.29) is 5.92 Å². The Bertz CT molecular complexity index is 263. The molecule has 1 aromatic heterocycles. The standard InChI is InChI=1S/C9H11N3/c10-4-1-9(7-11)8-2-5-12-6-3-8/h2-3,5-6,9H,1,4,10H2. The molecule has 62 valence electrons. The van der Waals surface area contributed by atoms with Gasteiger partial charge < -0.3 is 5.73 Å². The maximum atomic E-state index is 8.78. The molecule has 1 rings (SSSR count). The third kappa shape index (κ3) is 2.04. The second-order valence-corrected chi connectivity index (χ2v) is 2.54. The average molecular weight is 161 g/mol. The van der Waals surface area contributed by atoms with Gasteiger partial charge >= 0.3 is 0 Å². The molecule has 3 nitrogen and oxygen atoms in total. The van der Waals surface area contributed by atoms with Gasteiger partial charge in [0.25, 0.3) is 0 Å². The maximum absolute atomic E-state index is 8.78. The molecular formula is C9H11N3. The number of nitriles is 1. The smallest absolute Gasteiger partial charge is 0.0725 e. The van der Waals surface area contributed by atoms with Gasteiger partial charge in [-0.05, 0) is 30.7 Å². The number of hydrogen-bond donors (Lipinski definition) is 1. The summed E-state index contributed by atoms with van der Waals surface area (Å²) in [6.45, 7) is 0.542. The Morgan fingerprint density at radius 2 is 2.17 bits per heavy atom. The van der Waals surface area contributed by atoms with Gasteiger partial charge in [-0.25, -0.2) is 0 Å². The van der Waals surface area contributed by atoms with E-state index < -0.39 is 0 Å². The molecule has 1 heterocycles. The summed E-state index contributed by atoms with van der Waals surface area (Å²) in [7, 11) is 0. The average Bonchev–Trinajstić information content (AvgIpc) is 2.15. The quantitative estimate of drug-likeness (QED) is 0.720. The van der Waals surface area contributed by atoms with E-state index >= 15 is 0 Å². The lowest BCUT2D eigenvalue weighted by Gasteiger charge is -2.05. The van der Waals surface area contributed by atoms with Crippen molar-refractivity contribution in [3.05, 3.63) is 30.1 Å². The first-order valence-electron chi connectivity index (χ1n) is 3.88. The zero-order valence-electron chi connectivity index (χ0n) is 6.77. The number of hydrogen-bond acceptors (Lipinski definition) is 3. The lowest BCUT2D eigenvalue weighted by Crippen LogP contribution is -2.05. The monoisotopic (exact) mass is 161 g/mol. The van der Waals surface area contributed by atoms with Crippen LogP contribution in [0.5, 0.6) is 0 Å². The van der Waals surface area contributed by atoms with Crippen LogP contribution in [0.4, 0.5) is 0 Å². The SMILES string of the molecule is N#CC(CCN)c1ccncc1. The third-order valence-corrected chi connectivity index (χ3v) is 1.72. The van der Waals surface area contributed by atoms with Crippen LogP contribution in [-0.4, -0.2) is 11.5 Å². The van der Waals surface area contributed by atoms with E-state index in [1.54, 1.807) is 12.4 Å². The molecule has 0 bridgehead atoms. The highest BCUT2D eigenvalue weighted by Gasteiger charge is 2.07. The predicted octanol–water partition coefficient (Wildman–Crippen LogP) is 1.04. The van der Waals surface area contributed by atoms with E-state index in [0.717, 1.165) is 5.56 Å². The highest BCUT2D eigenvalue weighted by Crippen LogP contribution is 2.16. The fraction of sp³-hybridized carbons (Fsp3) is 0.333. The number of pyridine rings is 1. The molecule has 0 aliphatic heterocycles. The Morgan fingerprint density at radius 3 is 2.67 bits per heavy atom. The zero-order valence-corrected chi connectivity index (χ0v) is 6.77. The van der Waals surface area contributed by atoms with Gasteiger partial charge in [-0.2, -0.15) is 5.26 Å². The minimum Gasteiger partial charge on any atom is -0.330 e. The number of rotatable bonds is 3. The molecule has 0 fully saturated rings. The third-order valence-electron chi connectivity index (χ3n) is 1.72. The van der Waals surface area contributed by atoms with Crippen LogP contribution < -0.4 is 5.73 Å². The summed E-state index contributed by atoms with van der Waals surface area (Å²) < 4.78 is 0. The van der Waals surface area contributed by atoms with Crippen LogP contribution in [0.25, 0.3) is 0 Å². The Kier molecular flexibility index (Phi) is 3.24. The first-order chi connectivity index (χ1) is 5.88. The van der Waals surface area contributed by atoms with E-state index in [0.29, 0.717) is 13.0 Å². The van der Waals surface area contributed by atoms with Crippen LogP contribution in [-0.2, 0) is 0 Å². The summed E-state index contributed by atoms with van der Waals surface area (Å²) in [6, 6.07) is 5.91. The summed E-state index contributed by atoms with van der Waals surface area (Å²) in [5.41, 5.74) is 6.37. The highest BCUT2D eigenvalue weighted by molar-refractivity contribution is 5.21. The minimum absolute atomic E-state index is 0.0852. The van der Waals surface area contributed by atoms with Crippen molar-refractivity contribution >= 4 is 0 Å². The first-order valence-corrected chi connectivity index (χ1v) is 3.88. The van der Waals surface area contributed by atoms with Crippen molar-refractivity contribution in [1.82, 2.24) is 4.98 Å². The molecule has 2 N–H and O–H groups in total. The lowest BCUT2D eigenvalue weighted by molar-refractivity contribution is 0.756. The number of nitrogens with two attached hydrogens (primary N) is 1. The van der Waals surface area contributed by atoms with Crippen molar-refractivity contribution in [1.29, 1.82) is 5.26 Å². The summed E-state index contributed by atoms with van der Waals surface area (Å²) in [5, 5.41) is 8.78. The zero-order chi connectivity index (χ0) is 8.81. The Balaban J connectivity index is 2.75. The van der Waals surface area contributed by atoms with Crippen molar-refractivity contribution in [2.75, 3.05) is 6.54 Å². The molecule has 3 heteroatoms. The Morgan fingerprint density at radius 1 is 1.50 bits per heavy atom. The normalized spacial score (nSPS) is 12.0. The summed E-state index contributed by atoms with van der Waals surface area (Å²) in [5.74, 6) is -0.0852. The van der Waals surface area contributed by atoms with E-state index in [9.17, 15) is 0 Å². The molecule has 1 unspecified atom stereocenters. The van der Waals surface area contributed by atoms with E-state index in [2.05, 4.69) is 11.1 Å². The van der Waals surface area contributed by atoms with Crippen LogP contribution in [0.15, 0.2) is 24.5 Å². The fourth-order valence-electron chi connectivity index (χ4n) is 1.07. The lowest BCUT2D eigenvalue weighted by atomic mass is 9.99. The van der Waals surface area contributed by atoms with E-state index in [1.807, 2.05) is 12.1 Å². The first kappa shape index (κ1) is 8.69. The Hall–Kier alpha value is -1.40. The van der Waals surface area contributed by atoms with Gasteiger partial charge in [0.2, 0.25) is 0 Å². The minimum atomic E-state index is -0.0852. The van der Waals surface area contributed by atoms with Crippen LogP contribution in [0, 0.1) is 11.3 Å². The molecule has 0 aliphatic rings. The predicted molar refractivity (Wildman–Crippen MR) is 46.3 cm³/mol. The summed E-state index contributed by atoms with van der Waals surface area (Å²) in [6.07, 6.45) is 4.09. The van der Waals surface area contributed by atoms with Crippen molar-refractivity contribution in [3.8, 4) is 6.07 Å². The second kappa shape index (κ2) is 4.47. The molecule has 0 radical (unpaired) electrons. The largest absolute Gasteiger partial charge is 0.330 e. The molecule has 0 saturated carbocycles.